The van der Waals surface area contributed by atoms with Crippen LogP contribution in [-0.2, 0) is 0 Å². The van der Waals surface area contributed by atoms with E-state index in [0.717, 1.165) is 28.4 Å². The van der Waals surface area contributed by atoms with Gasteiger partial charge in [0.2, 0.25) is 0 Å². The minimum Gasteiger partial charge on any atom is -0.497 e. The van der Waals surface area contributed by atoms with Crippen molar-refractivity contribution in [2.24, 2.45) is 0 Å². The second-order valence-electron chi connectivity index (χ2n) is 5.36. The molecule has 3 rings (SSSR count). The third-order valence-electron chi connectivity index (χ3n) is 3.87. The Hall–Kier alpha value is -2.53. The van der Waals surface area contributed by atoms with Crippen LogP contribution in [0.5, 0.6) is 5.75 Å². The third kappa shape index (κ3) is 3.86. The number of hydrogen-bond acceptors (Lipinski definition) is 4. The number of furan rings is 1. The fourth-order valence-corrected chi connectivity index (χ4v) is 3.26. The second kappa shape index (κ2) is 7.84. The lowest BCUT2D eigenvalue weighted by Crippen LogP contribution is -2.25. The number of methoxy groups -OCH3 is 1. The summed E-state index contributed by atoms with van der Waals surface area (Å²) in [6, 6.07) is 15.5. The molecule has 1 atom stereocenters. The van der Waals surface area contributed by atoms with E-state index >= 15 is 0 Å². The van der Waals surface area contributed by atoms with Crippen LogP contribution < -0.4 is 10.1 Å². The average Bonchev–Trinajstić information content (AvgIpc) is 3.32. The predicted octanol–water partition coefficient (Wildman–Crippen LogP) is 4.30. The molecule has 1 amide bonds. The topological polar surface area (TPSA) is 51.5 Å². The SMILES string of the molecule is COc1ccc([C@H](CCNC(=O)c2cccs2)c2ccco2)cc1. The van der Waals surface area contributed by atoms with E-state index in [4.69, 9.17) is 9.15 Å². The molecule has 124 valence electrons. The number of rotatable bonds is 7. The van der Waals surface area contributed by atoms with E-state index in [2.05, 4.69) is 5.32 Å². The van der Waals surface area contributed by atoms with Crippen molar-refractivity contribution in [3.63, 3.8) is 0 Å². The fraction of sp³-hybridized carbons (Fsp3) is 0.211. The summed E-state index contributed by atoms with van der Waals surface area (Å²) >= 11 is 1.44. The third-order valence-corrected chi connectivity index (χ3v) is 4.74. The summed E-state index contributed by atoms with van der Waals surface area (Å²) < 4.78 is 10.8. The Morgan fingerprint density at radius 3 is 2.67 bits per heavy atom. The molecule has 1 N–H and O–H groups in total. The molecule has 0 radical (unpaired) electrons. The van der Waals surface area contributed by atoms with Crippen LogP contribution >= 0.6 is 11.3 Å². The first kappa shape index (κ1) is 16.3. The molecule has 24 heavy (non-hydrogen) atoms. The summed E-state index contributed by atoms with van der Waals surface area (Å²) in [7, 11) is 1.65. The molecule has 1 aromatic carbocycles. The van der Waals surface area contributed by atoms with Gasteiger partial charge in [0, 0.05) is 12.5 Å². The van der Waals surface area contributed by atoms with Crippen LogP contribution in [0, 0.1) is 0 Å². The highest BCUT2D eigenvalue weighted by Crippen LogP contribution is 2.29. The van der Waals surface area contributed by atoms with E-state index < -0.39 is 0 Å². The Morgan fingerprint density at radius 1 is 1.21 bits per heavy atom. The van der Waals surface area contributed by atoms with E-state index in [0.29, 0.717) is 6.54 Å². The maximum atomic E-state index is 12.1. The zero-order valence-electron chi connectivity index (χ0n) is 13.4. The van der Waals surface area contributed by atoms with Gasteiger partial charge >= 0.3 is 0 Å². The van der Waals surface area contributed by atoms with E-state index in [1.165, 1.54) is 11.3 Å². The Morgan fingerprint density at radius 2 is 2.04 bits per heavy atom. The average molecular weight is 341 g/mol. The van der Waals surface area contributed by atoms with Crippen LogP contribution in [0.1, 0.15) is 33.3 Å². The van der Waals surface area contributed by atoms with Crippen molar-refractivity contribution in [3.8, 4) is 5.75 Å². The van der Waals surface area contributed by atoms with Crippen molar-refractivity contribution in [3.05, 3.63) is 76.4 Å². The lowest BCUT2D eigenvalue weighted by atomic mass is 9.93. The van der Waals surface area contributed by atoms with Gasteiger partial charge in [-0.15, -0.1) is 11.3 Å². The molecule has 4 nitrogen and oxygen atoms in total. The van der Waals surface area contributed by atoms with Gasteiger partial charge in [0.05, 0.1) is 18.3 Å². The van der Waals surface area contributed by atoms with Crippen LogP contribution in [0.2, 0.25) is 0 Å². The maximum absolute atomic E-state index is 12.1. The molecule has 0 aliphatic heterocycles. The summed E-state index contributed by atoms with van der Waals surface area (Å²) in [5.74, 6) is 1.78. The predicted molar refractivity (Wildman–Crippen MR) is 94.8 cm³/mol. The van der Waals surface area contributed by atoms with Crippen molar-refractivity contribution >= 4 is 17.2 Å². The Kier molecular flexibility index (Phi) is 5.33. The fourth-order valence-electron chi connectivity index (χ4n) is 2.62. The number of nitrogens with one attached hydrogen (secondary N) is 1. The van der Waals surface area contributed by atoms with E-state index in [1.54, 1.807) is 13.4 Å². The van der Waals surface area contributed by atoms with Crippen molar-refractivity contribution in [2.75, 3.05) is 13.7 Å². The molecule has 0 aliphatic carbocycles. The molecule has 2 aromatic heterocycles. The van der Waals surface area contributed by atoms with E-state index in [9.17, 15) is 4.79 Å². The van der Waals surface area contributed by atoms with Gasteiger partial charge < -0.3 is 14.5 Å². The number of carbonyl (C=O) groups is 1. The highest BCUT2D eigenvalue weighted by Gasteiger charge is 2.17. The summed E-state index contributed by atoms with van der Waals surface area (Å²) in [5.41, 5.74) is 1.14. The van der Waals surface area contributed by atoms with Crippen LogP contribution in [0.4, 0.5) is 0 Å². The van der Waals surface area contributed by atoms with Gasteiger partial charge in [-0.3, -0.25) is 4.79 Å². The summed E-state index contributed by atoms with van der Waals surface area (Å²) in [4.78, 5) is 12.8. The smallest absolute Gasteiger partial charge is 0.261 e. The Bertz CT molecular complexity index is 749. The molecular formula is C19H19NO3S. The summed E-state index contributed by atoms with van der Waals surface area (Å²) in [5, 5.41) is 4.88. The summed E-state index contributed by atoms with van der Waals surface area (Å²) in [6.45, 7) is 0.578. The monoisotopic (exact) mass is 341 g/mol. The lowest BCUT2D eigenvalue weighted by Gasteiger charge is -2.16. The van der Waals surface area contributed by atoms with Gasteiger partial charge in [0.1, 0.15) is 11.5 Å². The van der Waals surface area contributed by atoms with Gasteiger partial charge in [-0.25, -0.2) is 0 Å². The molecule has 2 heterocycles. The lowest BCUT2D eigenvalue weighted by molar-refractivity contribution is 0.0956. The van der Waals surface area contributed by atoms with Crippen molar-refractivity contribution in [2.45, 2.75) is 12.3 Å². The molecule has 0 saturated carbocycles. The molecule has 0 saturated heterocycles. The number of benzene rings is 1. The minimum absolute atomic E-state index is 0.0297. The second-order valence-corrected chi connectivity index (χ2v) is 6.31. The number of amides is 1. The van der Waals surface area contributed by atoms with Gasteiger partial charge in [0.25, 0.3) is 5.91 Å². The van der Waals surface area contributed by atoms with Crippen LogP contribution in [0.3, 0.4) is 0 Å². The molecule has 3 aromatic rings. The first-order valence-corrected chi connectivity index (χ1v) is 8.65. The normalized spacial score (nSPS) is 11.9. The first-order chi connectivity index (χ1) is 11.8. The molecular weight excluding hydrogens is 322 g/mol. The zero-order chi connectivity index (χ0) is 16.8. The van der Waals surface area contributed by atoms with Gasteiger partial charge in [-0.05, 0) is 47.7 Å². The van der Waals surface area contributed by atoms with Gasteiger partial charge in [-0.2, -0.15) is 0 Å². The van der Waals surface area contributed by atoms with Gasteiger partial charge in [0.15, 0.2) is 0 Å². The van der Waals surface area contributed by atoms with Crippen molar-refractivity contribution in [1.82, 2.24) is 5.32 Å². The van der Waals surface area contributed by atoms with E-state index in [-0.39, 0.29) is 11.8 Å². The Labute approximate surface area is 145 Å². The molecule has 0 aliphatic rings. The Balaban J connectivity index is 1.68. The first-order valence-electron chi connectivity index (χ1n) is 7.77. The number of hydrogen-bond donors (Lipinski definition) is 1. The molecule has 0 spiro atoms. The van der Waals surface area contributed by atoms with Crippen molar-refractivity contribution < 1.29 is 13.9 Å². The standard InChI is InChI=1S/C19H19NO3S/c1-22-15-8-6-14(7-9-15)16(17-4-2-12-23-17)10-11-20-19(21)18-5-3-13-24-18/h2-9,12-13,16H,10-11H2,1H3,(H,20,21)/t16-/m0/s1. The zero-order valence-corrected chi connectivity index (χ0v) is 14.2. The minimum atomic E-state index is -0.0297. The van der Waals surface area contributed by atoms with Crippen LogP contribution in [0.25, 0.3) is 0 Å². The highest BCUT2D eigenvalue weighted by molar-refractivity contribution is 7.12. The largest absolute Gasteiger partial charge is 0.497 e. The molecule has 5 heteroatoms. The highest BCUT2D eigenvalue weighted by atomic mass is 32.1. The summed E-state index contributed by atoms with van der Waals surface area (Å²) in [6.07, 6.45) is 2.44. The van der Waals surface area contributed by atoms with Crippen LogP contribution in [-0.4, -0.2) is 19.6 Å². The number of carbonyl (C=O) groups excluding carboxylic acids is 1. The van der Waals surface area contributed by atoms with Crippen molar-refractivity contribution in [1.29, 1.82) is 0 Å². The number of thiophene rings is 1. The molecule has 0 fully saturated rings. The van der Waals surface area contributed by atoms with E-state index in [1.807, 2.05) is 53.9 Å². The quantitative estimate of drug-likeness (QED) is 0.697. The molecule has 0 bridgehead atoms. The molecule has 0 unspecified atom stereocenters. The van der Waals surface area contributed by atoms with Crippen LogP contribution in [0.15, 0.2) is 64.6 Å². The maximum Gasteiger partial charge on any atom is 0.261 e. The number of ether oxygens (including phenoxy) is 1. The van der Waals surface area contributed by atoms with Gasteiger partial charge in [-0.1, -0.05) is 18.2 Å².